The van der Waals surface area contributed by atoms with E-state index in [1.807, 2.05) is 11.9 Å². The molecular formula is C20H27N3OS. The summed E-state index contributed by atoms with van der Waals surface area (Å²) in [6, 6.07) is 11.0. The second kappa shape index (κ2) is 8.02. The number of amides is 2. The zero-order chi connectivity index (χ0) is 17.8. The van der Waals surface area contributed by atoms with Crippen molar-refractivity contribution in [2.45, 2.75) is 31.3 Å². The van der Waals surface area contributed by atoms with E-state index in [-0.39, 0.29) is 18.1 Å². The Bertz CT molecular complexity index is 699. The molecule has 1 aromatic heterocycles. The smallest absolute Gasteiger partial charge is 0.317 e. The topological polar surface area (TPSA) is 35.6 Å². The minimum atomic E-state index is 0.00350. The molecule has 5 heteroatoms. The van der Waals surface area contributed by atoms with Gasteiger partial charge in [0.1, 0.15) is 0 Å². The second-order valence-corrected chi connectivity index (χ2v) is 7.72. The number of carbonyl (C=O) groups is 1. The maximum absolute atomic E-state index is 12.7. The SMILES string of the molecule is CN(C)[C@@H](CNC(=O)N(C)[C@@H]1CCCc2ccccc21)c1ccsc1. The van der Waals surface area contributed by atoms with E-state index in [1.54, 1.807) is 11.3 Å². The molecule has 2 aromatic rings. The van der Waals surface area contributed by atoms with Crippen molar-refractivity contribution >= 4 is 17.4 Å². The summed E-state index contributed by atoms with van der Waals surface area (Å²) < 4.78 is 0. The number of thiophene rings is 1. The lowest BCUT2D eigenvalue weighted by Crippen LogP contribution is -2.43. The molecule has 0 aliphatic heterocycles. The van der Waals surface area contributed by atoms with E-state index < -0.39 is 0 Å². The van der Waals surface area contributed by atoms with Crippen LogP contribution in [0.1, 0.15) is 41.6 Å². The Balaban J connectivity index is 1.65. The Kier molecular flexibility index (Phi) is 5.76. The van der Waals surface area contributed by atoms with Gasteiger partial charge in [-0.15, -0.1) is 0 Å². The first-order valence-corrected chi connectivity index (χ1v) is 9.79. The molecule has 0 radical (unpaired) electrons. The van der Waals surface area contributed by atoms with E-state index in [0.717, 1.165) is 19.3 Å². The molecule has 4 nitrogen and oxygen atoms in total. The number of urea groups is 1. The normalized spacial score (nSPS) is 17.8. The molecule has 2 atom stereocenters. The van der Waals surface area contributed by atoms with E-state index in [2.05, 4.69) is 65.4 Å². The molecule has 1 aliphatic carbocycles. The van der Waals surface area contributed by atoms with Gasteiger partial charge in [-0.05, 0) is 66.9 Å². The lowest BCUT2D eigenvalue weighted by molar-refractivity contribution is 0.179. The van der Waals surface area contributed by atoms with Crippen molar-refractivity contribution in [3.05, 3.63) is 57.8 Å². The Labute approximate surface area is 154 Å². The highest BCUT2D eigenvalue weighted by Crippen LogP contribution is 2.33. The van der Waals surface area contributed by atoms with Gasteiger partial charge < -0.3 is 15.1 Å². The Hall–Kier alpha value is -1.85. The van der Waals surface area contributed by atoms with Gasteiger partial charge in [-0.25, -0.2) is 4.79 Å². The zero-order valence-corrected chi connectivity index (χ0v) is 16.1. The first-order chi connectivity index (χ1) is 12.1. The molecule has 0 bridgehead atoms. The third-order valence-corrected chi connectivity index (χ3v) is 5.83. The van der Waals surface area contributed by atoms with Crippen LogP contribution < -0.4 is 5.32 Å². The number of nitrogens with zero attached hydrogens (tertiary/aromatic N) is 2. The molecule has 134 valence electrons. The number of hydrogen-bond donors (Lipinski definition) is 1. The van der Waals surface area contributed by atoms with Crippen LogP contribution in [0.3, 0.4) is 0 Å². The van der Waals surface area contributed by atoms with Crippen LogP contribution in [-0.4, -0.2) is 43.5 Å². The standard InChI is InChI=1S/C20H27N3OS/c1-22(2)19(16-11-12-25-14-16)13-21-20(24)23(3)18-10-6-8-15-7-4-5-9-17(15)18/h4-5,7,9,11-12,14,18-19H,6,8,10,13H2,1-3H3,(H,21,24)/t18-,19+/m1/s1. The van der Waals surface area contributed by atoms with Crippen molar-refractivity contribution in [1.29, 1.82) is 0 Å². The van der Waals surface area contributed by atoms with Gasteiger partial charge in [-0.3, -0.25) is 0 Å². The summed E-state index contributed by atoms with van der Waals surface area (Å²) >= 11 is 1.69. The van der Waals surface area contributed by atoms with Gasteiger partial charge >= 0.3 is 6.03 Å². The Morgan fingerprint density at radius 3 is 2.80 bits per heavy atom. The van der Waals surface area contributed by atoms with Gasteiger partial charge in [0.15, 0.2) is 0 Å². The van der Waals surface area contributed by atoms with Crippen LogP contribution >= 0.6 is 11.3 Å². The van der Waals surface area contributed by atoms with E-state index in [1.165, 1.54) is 16.7 Å². The summed E-state index contributed by atoms with van der Waals surface area (Å²) in [7, 11) is 6.02. The van der Waals surface area contributed by atoms with Crippen molar-refractivity contribution in [1.82, 2.24) is 15.1 Å². The van der Waals surface area contributed by atoms with Crippen molar-refractivity contribution in [2.24, 2.45) is 0 Å². The van der Waals surface area contributed by atoms with Crippen LogP contribution in [0.25, 0.3) is 0 Å². The molecule has 0 saturated carbocycles. The number of hydrogen-bond acceptors (Lipinski definition) is 3. The predicted molar refractivity (Wildman–Crippen MR) is 104 cm³/mol. The Morgan fingerprint density at radius 2 is 2.08 bits per heavy atom. The molecule has 0 spiro atoms. The fourth-order valence-corrected chi connectivity index (χ4v) is 4.35. The van der Waals surface area contributed by atoms with Gasteiger partial charge in [-0.1, -0.05) is 24.3 Å². The summed E-state index contributed by atoms with van der Waals surface area (Å²) in [6.45, 7) is 0.612. The molecule has 1 N–H and O–H groups in total. The fourth-order valence-electron chi connectivity index (χ4n) is 3.64. The molecule has 1 heterocycles. The highest BCUT2D eigenvalue weighted by atomic mass is 32.1. The van der Waals surface area contributed by atoms with Crippen LogP contribution in [0.15, 0.2) is 41.1 Å². The average Bonchev–Trinajstić information content (AvgIpc) is 3.14. The van der Waals surface area contributed by atoms with E-state index >= 15 is 0 Å². The third-order valence-electron chi connectivity index (χ3n) is 5.12. The van der Waals surface area contributed by atoms with Crippen LogP contribution in [0.4, 0.5) is 4.79 Å². The maximum Gasteiger partial charge on any atom is 0.317 e. The van der Waals surface area contributed by atoms with Gasteiger partial charge in [0, 0.05) is 13.6 Å². The first kappa shape index (κ1) is 18.0. The lowest BCUT2D eigenvalue weighted by atomic mass is 9.87. The number of nitrogens with one attached hydrogen (secondary N) is 1. The molecule has 25 heavy (non-hydrogen) atoms. The lowest BCUT2D eigenvalue weighted by Gasteiger charge is -2.34. The first-order valence-electron chi connectivity index (χ1n) is 8.85. The highest BCUT2D eigenvalue weighted by Gasteiger charge is 2.27. The third kappa shape index (κ3) is 4.05. The van der Waals surface area contributed by atoms with Crippen molar-refractivity contribution in [3.63, 3.8) is 0 Å². The molecule has 0 unspecified atom stereocenters. The van der Waals surface area contributed by atoms with Crippen LogP contribution in [0.2, 0.25) is 0 Å². The maximum atomic E-state index is 12.7. The number of rotatable bonds is 5. The van der Waals surface area contributed by atoms with E-state index in [0.29, 0.717) is 6.54 Å². The second-order valence-electron chi connectivity index (χ2n) is 6.94. The number of likely N-dealkylation sites (N-methyl/N-ethyl adjacent to an activating group) is 1. The van der Waals surface area contributed by atoms with Crippen LogP contribution in [0.5, 0.6) is 0 Å². The summed E-state index contributed by atoms with van der Waals surface area (Å²) in [5.74, 6) is 0. The quantitative estimate of drug-likeness (QED) is 0.875. The zero-order valence-electron chi connectivity index (χ0n) is 15.2. The number of benzene rings is 1. The molecule has 1 aromatic carbocycles. The van der Waals surface area contributed by atoms with E-state index in [9.17, 15) is 4.79 Å². The Morgan fingerprint density at radius 1 is 1.28 bits per heavy atom. The molecule has 0 saturated heterocycles. The number of fused-ring (bicyclic) bond motifs is 1. The van der Waals surface area contributed by atoms with E-state index in [4.69, 9.17) is 0 Å². The van der Waals surface area contributed by atoms with Gasteiger partial charge in [0.2, 0.25) is 0 Å². The molecular weight excluding hydrogens is 330 g/mol. The summed E-state index contributed by atoms with van der Waals surface area (Å²) in [5.41, 5.74) is 3.93. The highest BCUT2D eigenvalue weighted by molar-refractivity contribution is 7.07. The predicted octanol–water partition coefficient (Wildman–Crippen LogP) is 4.07. The minimum absolute atomic E-state index is 0.00350. The van der Waals surface area contributed by atoms with Crippen molar-refractivity contribution < 1.29 is 4.79 Å². The number of carbonyl (C=O) groups excluding carboxylic acids is 1. The monoisotopic (exact) mass is 357 g/mol. The molecule has 2 amide bonds. The van der Waals surface area contributed by atoms with Gasteiger partial charge in [0.05, 0.1) is 12.1 Å². The average molecular weight is 358 g/mol. The van der Waals surface area contributed by atoms with Gasteiger partial charge in [-0.2, -0.15) is 11.3 Å². The summed E-state index contributed by atoms with van der Waals surface area (Å²) in [6.07, 6.45) is 3.28. The van der Waals surface area contributed by atoms with Crippen molar-refractivity contribution in [2.75, 3.05) is 27.7 Å². The molecule has 3 rings (SSSR count). The summed E-state index contributed by atoms with van der Waals surface area (Å²) in [4.78, 5) is 16.8. The van der Waals surface area contributed by atoms with Crippen LogP contribution in [0, 0.1) is 0 Å². The molecule has 1 aliphatic rings. The minimum Gasteiger partial charge on any atom is -0.336 e. The van der Waals surface area contributed by atoms with Crippen LogP contribution in [-0.2, 0) is 6.42 Å². The van der Waals surface area contributed by atoms with Crippen molar-refractivity contribution in [3.8, 4) is 0 Å². The number of aryl methyl sites for hydroxylation is 1. The summed E-state index contributed by atoms with van der Waals surface area (Å²) in [5, 5.41) is 7.36. The molecule has 0 fully saturated rings. The largest absolute Gasteiger partial charge is 0.336 e. The fraction of sp³-hybridized carbons (Fsp3) is 0.450. The van der Waals surface area contributed by atoms with Gasteiger partial charge in [0.25, 0.3) is 0 Å².